The first kappa shape index (κ1) is 9.45. The highest BCUT2D eigenvalue weighted by molar-refractivity contribution is 5.64. The second-order valence-corrected chi connectivity index (χ2v) is 4.35. The molecule has 2 heterocycles. The number of nitrogens with two attached hydrogens (primary N) is 1. The first-order valence-electron chi connectivity index (χ1n) is 5.66. The van der Waals surface area contributed by atoms with Crippen molar-refractivity contribution >= 4 is 17.3 Å². The third kappa shape index (κ3) is 1.58. The maximum absolute atomic E-state index is 5.74. The maximum Gasteiger partial charge on any atom is 0.180 e. The quantitative estimate of drug-likeness (QED) is 0.818. The van der Waals surface area contributed by atoms with Gasteiger partial charge in [-0.1, -0.05) is 6.42 Å². The zero-order valence-electron chi connectivity index (χ0n) is 9.06. The molecule has 0 amide bonds. The first-order chi connectivity index (χ1) is 7.83. The van der Waals surface area contributed by atoms with Gasteiger partial charge in [0.1, 0.15) is 5.82 Å². The molecule has 0 saturated heterocycles. The molecule has 2 aromatic rings. The molecular weight excluding hydrogens is 202 g/mol. The van der Waals surface area contributed by atoms with Gasteiger partial charge in [0.2, 0.25) is 0 Å². The number of anilines is 2. The van der Waals surface area contributed by atoms with Gasteiger partial charge in [-0.25, -0.2) is 9.97 Å². The van der Waals surface area contributed by atoms with Crippen LogP contribution in [0.1, 0.15) is 19.3 Å². The highest BCUT2D eigenvalue weighted by atomic mass is 15.1. The van der Waals surface area contributed by atoms with Gasteiger partial charge in [0.05, 0.1) is 6.20 Å². The largest absolute Gasteiger partial charge is 0.382 e. The Kier molecular flexibility index (Phi) is 2.16. The molecule has 1 saturated carbocycles. The van der Waals surface area contributed by atoms with Crippen LogP contribution in [-0.2, 0) is 0 Å². The number of nitrogens with zero attached hydrogens (tertiary/aromatic N) is 3. The van der Waals surface area contributed by atoms with E-state index < -0.39 is 0 Å². The third-order valence-electron chi connectivity index (χ3n) is 3.18. The van der Waals surface area contributed by atoms with Crippen molar-refractivity contribution in [1.29, 1.82) is 0 Å². The number of imidazole rings is 1. The van der Waals surface area contributed by atoms with Crippen LogP contribution < -0.4 is 11.1 Å². The van der Waals surface area contributed by atoms with Gasteiger partial charge in [-0.2, -0.15) is 0 Å². The highest BCUT2D eigenvalue weighted by Crippen LogP contribution is 2.26. The predicted octanol–water partition coefficient (Wildman–Crippen LogP) is 1.52. The summed E-state index contributed by atoms with van der Waals surface area (Å²) < 4.78 is 1.89. The smallest absolute Gasteiger partial charge is 0.180 e. The Morgan fingerprint density at radius 1 is 1.50 bits per heavy atom. The molecule has 0 radical (unpaired) electrons. The number of hydrogen-bond donors (Lipinski definition) is 2. The summed E-state index contributed by atoms with van der Waals surface area (Å²) in [4.78, 5) is 8.55. The molecule has 0 aliphatic heterocycles. The average molecular weight is 217 g/mol. The third-order valence-corrected chi connectivity index (χ3v) is 3.18. The maximum atomic E-state index is 5.74. The summed E-state index contributed by atoms with van der Waals surface area (Å²) >= 11 is 0. The Morgan fingerprint density at radius 3 is 3.12 bits per heavy atom. The average Bonchev–Trinajstić information content (AvgIpc) is 2.62. The molecule has 2 aromatic heterocycles. The van der Waals surface area contributed by atoms with Crippen LogP contribution in [-0.4, -0.2) is 20.9 Å². The molecule has 5 nitrogen and oxygen atoms in total. The van der Waals surface area contributed by atoms with Crippen LogP contribution in [0.4, 0.5) is 11.6 Å². The summed E-state index contributed by atoms with van der Waals surface area (Å²) in [6.45, 7) is 0.971. The Bertz CT molecular complexity index is 500. The van der Waals surface area contributed by atoms with Gasteiger partial charge >= 0.3 is 0 Å². The summed E-state index contributed by atoms with van der Waals surface area (Å²) in [6.07, 6.45) is 9.40. The standard InChI is InChI=1S/C11H15N5/c12-9-7-16-5-4-13-11(16)10(15-9)14-6-8-2-1-3-8/h4-5,7-8H,1-3,6,12H2,(H,14,15). The van der Waals surface area contributed by atoms with E-state index in [0.29, 0.717) is 5.82 Å². The minimum Gasteiger partial charge on any atom is -0.382 e. The number of hydrogen-bond acceptors (Lipinski definition) is 4. The van der Waals surface area contributed by atoms with Crippen molar-refractivity contribution in [2.24, 2.45) is 5.92 Å². The molecule has 0 aromatic carbocycles. The molecule has 1 aliphatic carbocycles. The lowest BCUT2D eigenvalue weighted by Crippen LogP contribution is -2.21. The second kappa shape index (κ2) is 3.66. The van der Waals surface area contributed by atoms with Crippen molar-refractivity contribution in [2.75, 3.05) is 17.6 Å². The Morgan fingerprint density at radius 2 is 2.38 bits per heavy atom. The van der Waals surface area contributed by atoms with Crippen molar-refractivity contribution in [1.82, 2.24) is 14.4 Å². The number of rotatable bonds is 3. The van der Waals surface area contributed by atoms with Crippen molar-refractivity contribution < 1.29 is 0 Å². The minimum atomic E-state index is 0.515. The molecule has 3 rings (SSSR count). The first-order valence-corrected chi connectivity index (χ1v) is 5.66. The molecule has 0 spiro atoms. The van der Waals surface area contributed by atoms with Crippen LogP contribution >= 0.6 is 0 Å². The van der Waals surface area contributed by atoms with Crippen LogP contribution in [0, 0.1) is 5.92 Å². The Balaban J connectivity index is 1.85. The topological polar surface area (TPSA) is 68.2 Å². The summed E-state index contributed by atoms with van der Waals surface area (Å²) in [5.74, 6) is 2.09. The zero-order chi connectivity index (χ0) is 11.0. The van der Waals surface area contributed by atoms with E-state index in [0.717, 1.165) is 23.9 Å². The van der Waals surface area contributed by atoms with E-state index in [4.69, 9.17) is 5.73 Å². The number of nitrogens with one attached hydrogen (secondary N) is 1. The van der Waals surface area contributed by atoms with Gasteiger partial charge in [0.15, 0.2) is 11.5 Å². The molecule has 0 unspecified atom stereocenters. The lowest BCUT2D eigenvalue weighted by Gasteiger charge is -2.25. The fourth-order valence-electron chi connectivity index (χ4n) is 2.01. The van der Waals surface area contributed by atoms with E-state index in [2.05, 4.69) is 15.3 Å². The molecule has 16 heavy (non-hydrogen) atoms. The van der Waals surface area contributed by atoms with Crippen LogP contribution in [0.15, 0.2) is 18.6 Å². The van der Waals surface area contributed by atoms with E-state index in [-0.39, 0.29) is 0 Å². The predicted molar refractivity (Wildman–Crippen MR) is 63.2 cm³/mol. The molecule has 5 heteroatoms. The Labute approximate surface area is 93.7 Å². The summed E-state index contributed by atoms with van der Waals surface area (Å²) in [6, 6.07) is 0. The lowest BCUT2D eigenvalue weighted by molar-refractivity contribution is 0.333. The molecule has 1 fully saturated rings. The van der Waals surface area contributed by atoms with Crippen LogP contribution in [0.2, 0.25) is 0 Å². The van der Waals surface area contributed by atoms with Crippen LogP contribution in [0.25, 0.3) is 5.65 Å². The summed E-state index contributed by atoms with van der Waals surface area (Å²) in [7, 11) is 0. The normalized spacial score (nSPS) is 16.2. The van der Waals surface area contributed by atoms with Crippen molar-refractivity contribution in [2.45, 2.75) is 19.3 Å². The van der Waals surface area contributed by atoms with E-state index >= 15 is 0 Å². The SMILES string of the molecule is Nc1cn2ccnc2c(NCC2CCC2)n1. The van der Waals surface area contributed by atoms with Gasteiger partial charge in [0, 0.05) is 18.9 Å². The van der Waals surface area contributed by atoms with Gasteiger partial charge in [-0.3, -0.25) is 0 Å². The van der Waals surface area contributed by atoms with Crippen molar-refractivity contribution in [3.05, 3.63) is 18.6 Å². The molecule has 84 valence electrons. The summed E-state index contributed by atoms with van der Waals surface area (Å²) in [5.41, 5.74) is 6.58. The monoisotopic (exact) mass is 217 g/mol. The fourth-order valence-corrected chi connectivity index (χ4v) is 2.01. The molecule has 3 N–H and O–H groups in total. The van der Waals surface area contributed by atoms with E-state index in [1.807, 2.05) is 10.6 Å². The van der Waals surface area contributed by atoms with Gasteiger partial charge in [0.25, 0.3) is 0 Å². The molecule has 0 bridgehead atoms. The van der Waals surface area contributed by atoms with Gasteiger partial charge in [-0.15, -0.1) is 0 Å². The number of aromatic nitrogens is 3. The van der Waals surface area contributed by atoms with E-state index in [1.54, 1.807) is 12.4 Å². The van der Waals surface area contributed by atoms with Gasteiger partial charge in [-0.05, 0) is 18.8 Å². The molecular formula is C11H15N5. The van der Waals surface area contributed by atoms with Gasteiger partial charge < -0.3 is 15.5 Å². The van der Waals surface area contributed by atoms with Crippen LogP contribution in [0.3, 0.4) is 0 Å². The minimum absolute atomic E-state index is 0.515. The highest BCUT2D eigenvalue weighted by Gasteiger charge is 2.17. The van der Waals surface area contributed by atoms with Crippen molar-refractivity contribution in [3.8, 4) is 0 Å². The zero-order valence-corrected chi connectivity index (χ0v) is 9.06. The lowest BCUT2D eigenvalue weighted by atomic mass is 9.85. The number of nitrogen functional groups attached to an aromatic ring is 1. The summed E-state index contributed by atoms with van der Waals surface area (Å²) in [5, 5.41) is 3.34. The Hall–Kier alpha value is -1.78. The van der Waals surface area contributed by atoms with E-state index in [9.17, 15) is 0 Å². The van der Waals surface area contributed by atoms with Crippen molar-refractivity contribution in [3.63, 3.8) is 0 Å². The number of fused-ring (bicyclic) bond motifs is 1. The fraction of sp³-hybridized carbons (Fsp3) is 0.455. The van der Waals surface area contributed by atoms with E-state index in [1.165, 1.54) is 19.3 Å². The molecule has 1 aliphatic rings. The molecule has 0 atom stereocenters. The second-order valence-electron chi connectivity index (χ2n) is 4.35. The van der Waals surface area contributed by atoms with Crippen LogP contribution in [0.5, 0.6) is 0 Å².